The van der Waals surface area contributed by atoms with Crippen LogP contribution in [0.15, 0.2) is 73.8 Å². The first-order valence-electron chi connectivity index (χ1n) is 17.0. The Kier molecular flexibility index (Phi) is 11.8. The van der Waals surface area contributed by atoms with Crippen LogP contribution in [0.4, 0.5) is 5.69 Å². The number of para-hydroxylation sites is 1. The van der Waals surface area contributed by atoms with E-state index in [-0.39, 0.29) is 25.5 Å². The van der Waals surface area contributed by atoms with Crippen molar-refractivity contribution in [3.8, 4) is 0 Å². The smallest absolute Gasteiger partial charge is 0.313 e. The lowest BCUT2D eigenvalue weighted by molar-refractivity contribution is -0.163. The number of nitrogens with zero attached hydrogens (tertiary/aromatic N) is 2. The summed E-state index contributed by atoms with van der Waals surface area (Å²) in [4.78, 5) is 59.5. The summed E-state index contributed by atoms with van der Waals surface area (Å²) in [6.07, 6.45) is 3.01. The molecule has 0 aliphatic carbocycles. The minimum absolute atomic E-state index is 0.0442. The van der Waals surface area contributed by atoms with Gasteiger partial charge in [0.15, 0.2) is 0 Å². The Morgan fingerprint density at radius 3 is 2.56 bits per heavy atom. The highest BCUT2D eigenvalue weighted by Gasteiger charge is 2.75. The summed E-state index contributed by atoms with van der Waals surface area (Å²) >= 11 is 6.64. The number of aliphatic hydroxyl groups is 1. The topological polar surface area (TPSA) is 135 Å². The largest absolute Gasteiger partial charge is 0.455 e. The molecule has 0 radical (unpaired) electrons. The van der Waals surface area contributed by atoms with Crippen molar-refractivity contribution in [3.63, 3.8) is 0 Å². The molecule has 2 aromatic carbocycles. The monoisotopic (exact) mass is 707 g/mol. The fourth-order valence-electron chi connectivity index (χ4n) is 7.86. The number of carbonyl (C=O) groups is 4. The van der Waals surface area contributed by atoms with E-state index in [1.165, 1.54) is 16.9 Å². The number of halogens is 1. The number of ether oxygens (including phenoxy) is 3. The van der Waals surface area contributed by atoms with E-state index < -0.39 is 72.2 Å². The Morgan fingerprint density at radius 2 is 1.92 bits per heavy atom. The highest BCUT2D eigenvalue weighted by Crippen LogP contribution is 2.59. The van der Waals surface area contributed by atoms with Crippen LogP contribution >= 0.6 is 11.6 Å². The number of aryl methyl sites for hydroxylation is 1. The number of nitrogens with one attached hydrogen (secondary N) is 1. The minimum atomic E-state index is -1.35. The van der Waals surface area contributed by atoms with Crippen molar-refractivity contribution in [2.24, 2.45) is 11.8 Å². The van der Waals surface area contributed by atoms with Gasteiger partial charge in [-0.15, -0.1) is 13.2 Å². The fraction of sp³-hybridized carbons (Fsp3) is 0.474. The second kappa shape index (κ2) is 15.9. The normalized spacial score (nSPS) is 25.4. The number of methoxy groups -OCH3 is 1. The summed E-state index contributed by atoms with van der Waals surface area (Å²) in [5.74, 6) is -3.94. The van der Waals surface area contributed by atoms with Gasteiger partial charge in [0.05, 0.1) is 53.9 Å². The number of hydrogen-bond acceptors (Lipinski definition) is 8. The van der Waals surface area contributed by atoms with Crippen LogP contribution in [0.1, 0.15) is 49.8 Å². The average molecular weight is 708 g/mol. The number of benzene rings is 2. The Morgan fingerprint density at radius 1 is 1.18 bits per heavy atom. The van der Waals surface area contributed by atoms with Gasteiger partial charge in [0.25, 0.3) is 5.91 Å². The molecule has 50 heavy (non-hydrogen) atoms. The van der Waals surface area contributed by atoms with Crippen molar-refractivity contribution in [3.05, 3.63) is 90.0 Å². The van der Waals surface area contributed by atoms with Gasteiger partial charge < -0.3 is 34.4 Å². The second-order valence-electron chi connectivity index (χ2n) is 13.2. The minimum Gasteiger partial charge on any atom is -0.455 e. The lowest BCUT2D eigenvalue weighted by Gasteiger charge is -2.39. The molecule has 268 valence electrons. The van der Waals surface area contributed by atoms with Crippen LogP contribution in [0.3, 0.4) is 0 Å². The van der Waals surface area contributed by atoms with Gasteiger partial charge in [-0.1, -0.05) is 66.2 Å². The van der Waals surface area contributed by atoms with Gasteiger partial charge in [-0.2, -0.15) is 0 Å². The summed E-state index contributed by atoms with van der Waals surface area (Å²) in [5, 5.41) is 13.6. The molecule has 8 atom stereocenters. The maximum atomic E-state index is 14.8. The molecule has 0 aromatic heterocycles. The standard InChI is InChI=1S/C38H46ClN3O8/c1-6-8-17-29(44)40-27(22-48-5)33(25-14-10-9-11-15-25)49-37(47)30-28-18-19-38(50-28)31(30)35(45)42(24(4)21-43)34(38)36(46)41(20-7-2)32-23(3)13-12-16-26(32)39/h6-7,9-16,24,27-28,30-31,33-34,43H,1-2,8,17-22H2,3-5H3,(H,40,44)/t24-,27+,28-,30+,31+,33+,34-,38+/m1/s1. The Bertz CT molecular complexity index is 1580. The number of esters is 1. The van der Waals surface area contributed by atoms with Crippen molar-refractivity contribution >= 4 is 41.0 Å². The van der Waals surface area contributed by atoms with Crippen LogP contribution < -0.4 is 10.2 Å². The van der Waals surface area contributed by atoms with Gasteiger partial charge in [-0.05, 0) is 50.3 Å². The molecule has 2 bridgehead atoms. The van der Waals surface area contributed by atoms with E-state index in [1.807, 2.05) is 19.1 Å². The zero-order valence-electron chi connectivity index (χ0n) is 28.8. The van der Waals surface area contributed by atoms with Gasteiger partial charge in [0.1, 0.15) is 17.7 Å². The number of fused-ring (bicyclic) bond motifs is 1. The summed E-state index contributed by atoms with van der Waals surface area (Å²) in [5.41, 5.74) is 0.506. The van der Waals surface area contributed by atoms with E-state index in [0.717, 1.165) is 5.56 Å². The Balaban J connectivity index is 1.52. The molecule has 11 nitrogen and oxygen atoms in total. The lowest BCUT2D eigenvalue weighted by atomic mass is 9.70. The summed E-state index contributed by atoms with van der Waals surface area (Å²) in [6, 6.07) is 11.7. The van der Waals surface area contributed by atoms with E-state index in [2.05, 4.69) is 18.5 Å². The molecular formula is C38H46ClN3O8. The van der Waals surface area contributed by atoms with Crippen LogP contribution in [0.2, 0.25) is 5.02 Å². The third-order valence-corrected chi connectivity index (χ3v) is 10.3. The predicted octanol–water partition coefficient (Wildman–Crippen LogP) is 4.30. The van der Waals surface area contributed by atoms with Gasteiger partial charge in [-0.3, -0.25) is 19.2 Å². The molecule has 2 aromatic rings. The van der Waals surface area contributed by atoms with Gasteiger partial charge >= 0.3 is 5.97 Å². The number of hydrogen-bond donors (Lipinski definition) is 2. The molecule has 5 rings (SSSR count). The fourth-order valence-corrected chi connectivity index (χ4v) is 8.18. The summed E-state index contributed by atoms with van der Waals surface area (Å²) in [7, 11) is 1.49. The van der Waals surface area contributed by atoms with Crippen LogP contribution in [-0.4, -0.2) is 90.4 Å². The quantitative estimate of drug-likeness (QED) is 0.195. The van der Waals surface area contributed by atoms with Crippen LogP contribution in [0, 0.1) is 18.8 Å². The van der Waals surface area contributed by atoms with Crippen LogP contribution in [0.5, 0.6) is 0 Å². The highest BCUT2D eigenvalue weighted by atomic mass is 35.5. The zero-order valence-corrected chi connectivity index (χ0v) is 29.5. The second-order valence-corrected chi connectivity index (χ2v) is 13.6. The third-order valence-electron chi connectivity index (χ3n) is 10.0. The highest BCUT2D eigenvalue weighted by molar-refractivity contribution is 6.34. The maximum absolute atomic E-state index is 14.8. The summed E-state index contributed by atoms with van der Waals surface area (Å²) < 4.78 is 18.3. The lowest BCUT2D eigenvalue weighted by Crippen LogP contribution is -2.58. The molecule has 1 spiro atoms. The molecule has 2 N–H and O–H groups in total. The van der Waals surface area contributed by atoms with Crippen molar-refractivity contribution < 1.29 is 38.5 Å². The maximum Gasteiger partial charge on any atom is 0.313 e. The van der Waals surface area contributed by atoms with Gasteiger partial charge in [0, 0.05) is 20.1 Å². The number of allylic oxidation sites excluding steroid dienone is 1. The first kappa shape index (κ1) is 37.2. The van der Waals surface area contributed by atoms with Gasteiger partial charge in [0.2, 0.25) is 11.8 Å². The molecule has 3 heterocycles. The Hall–Kier alpha value is -4.03. The number of rotatable bonds is 16. The van der Waals surface area contributed by atoms with E-state index in [4.69, 9.17) is 25.8 Å². The first-order valence-corrected chi connectivity index (χ1v) is 17.3. The third kappa shape index (κ3) is 6.84. The van der Waals surface area contributed by atoms with E-state index >= 15 is 0 Å². The van der Waals surface area contributed by atoms with Crippen molar-refractivity contribution in [2.45, 2.75) is 75.5 Å². The number of amides is 3. The molecule has 3 amide bonds. The van der Waals surface area contributed by atoms with E-state index in [0.29, 0.717) is 35.5 Å². The van der Waals surface area contributed by atoms with E-state index in [1.54, 1.807) is 55.5 Å². The predicted molar refractivity (Wildman–Crippen MR) is 188 cm³/mol. The number of likely N-dealkylation sites (tertiary alicyclic amines) is 1. The number of anilines is 1. The number of aliphatic hydroxyl groups excluding tert-OH is 1. The molecule has 3 aliphatic rings. The van der Waals surface area contributed by atoms with Gasteiger partial charge in [-0.25, -0.2) is 0 Å². The van der Waals surface area contributed by atoms with Crippen molar-refractivity contribution in [1.82, 2.24) is 10.2 Å². The molecular weight excluding hydrogens is 662 g/mol. The molecule has 0 saturated carbocycles. The molecule has 3 fully saturated rings. The van der Waals surface area contributed by atoms with Crippen molar-refractivity contribution in [2.75, 3.05) is 31.8 Å². The van der Waals surface area contributed by atoms with Crippen molar-refractivity contribution in [1.29, 1.82) is 0 Å². The molecule has 3 saturated heterocycles. The average Bonchev–Trinajstić information content (AvgIpc) is 3.76. The summed E-state index contributed by atoms with van der Waals surface area (Å²) in [6.45, 7) is 10.8. The zero-order chi connectivity index (χ0) is 36.2. The van der Waals surface area contributed by atoms with Crippen LogP contribution in [0.25, 0.3) is 0 Å². The van der Waals surface area contributed by atoms with Crippen LogP contribution in [-0.2, 0) is 33.4 Å². The molecule has 12 heteroatoms. The molecule has 3 aliphatic heterocycles. The van der Waals surface area contributed by atoms with E-state index in [9.17, 15) is 24.3 Å². The number of carbonyl (C=O) groups excluding carboxylic acids is 4. The SMILES string of the molecule is C=CCCC(=O)N[C@@H](COC)[C@@H](OC(=O)[C@@H]1[C@H]2C(=O)N([C@H](C)CO)[C@H](C(=O)N(CC=C)c3c(C)cccc3Cl)[C@]23CC[C@H]1O3)c1ccccc1. The first-order chi connectivity index (χ1) is 24.0. The molecule has 0 unspecified atom stereocenters. The Labute approximate surface area is 298 Å².